The SMILES string of the molecule is C[S@](=O)(=NS(=O)(=O)c1ccc(-c2ccccn2)s1)c1ccc(Cl)cc1. The second kappa shape index (κ2) is 6.87. The summed E-state index contributed by atoms with van der Waals surface area (Å²) in [6.07, 6.45) is 2.92. The van der Waals surface area contributed by atoms with E-state index in [1.165, 1.54) is 24.5 Å². The molecule has 1 aromatic carbocycles. The fourth-order valence-electron chi connectivity index (χ4n) is 2.06. The standard InChI is InChI=1S/C16H13ClN2O3S3/c1-24(20,13-7-5-12(17)6-8-13)19-25(21,22)16-10-9-15(23-16)14-4-2-3-11-18-14/h2-11H,1H3/t24-/m1/s1. The highest BCUT2D eigenvalue weighted by Crippen LogP contribution is 2.31. The van der Waals surface area contributed by atoms with Crippen molar-refractivity contribution in [2.24, 2.45) is 3.77 Å². The zero-order valence-electron chi connectivity index (χ0n) is 13.0. The van der Waals surface area contributed by atoms with Crippen LogP contribution in [0, 0.1) is 0 Å². The lowest BCUT2D eigenvalue weighted by Crippen LogP contribution is -2.03. The monoisotopic (exact) mass is 412 g/mol. The molecule has 5 nitrogen and oxygen atoms in total. The summed E-state index contributed by atoms with van der Waals surface area (Å²) in [6.45, 7) is 0. The van der Waals surface area contributed by atoms with Crippen LogP contribution in [-0.4, -0.2) is 23.9 Å². The summed E-state index contributed by atoms with van der Waals surface area (Å²) >= 11 is 6.85. The van der Waals surface area contributed by atoms with Crippen molar-refractivity contribution >= 4 is 42.7 Å². The molecule has 0 saturated carbocycles. The van der Waals surface area contributed by atoms with E-state index >= 15 is 0 Å². The molecule has 25 heavy (non-hydrogen) atoms. The molecule has 0 spiro atoms. The number of hydrogen-bond acceptors (Lipinski definition) is 5. The third-order valence-corrected chi connectivity index (χ3v) is 8.99. The van der Waals surface area contributed by atoms with Crippen LogP contribution in [0.4, 0.5) is 0 Å². The van der Waals surface area contributed by atoms with E-state index in [1.807, 2.05) is 6.07 Å². The maximum atomic E-state index is 12.8. The first kappa shape index (κ1) is 18.1. The van der Waals surface area contributed by atoms with Crippen molar-refractivity contribution in [1.82, 2.24) is 4.98 Å². The van der Waals surface area contributed by atoms with Crippen LogP contribution < -0.4 is 0 Å². The predicted octanol–water partition coefficient (Wildman–Crippen LogP) is 4.31. The molecule has 0 aliphatic rings. The minimum atomic E-state index is -4.06. The molecule has 0 amide bonds. The number of pyridine rings is 1. The quantitative estimate of drug-likeness (QED) is 0.639. The van der Waals surface area contributed by atoms with Gasteiger partial charge in [-0.1, -0.05) is 17.7 Å². The fraction of sp³-hybridized carbons (Fsp3) is 0.0625. The van der Waals surface area contributed by atoms with Crippen molar-refractivity contribution in [3.05, 3.63) is 65.8 Å². The fourth-order valence-corrected chi connectivity index (χ4v) is 6.88. The average Bonchev–Trinajstić information content (AvgIpc) is 3.06. The molecule has 9 heteroatoms. The topological polar surface area (TPSA) is 76.5 Å². The lowest BCUT2D eigenvalue weighted by atomic mass is 10.3. The minimum absolute atomic E-state index is 0.0247. The molecule has 2 heterocycles. The highest BCUT2D eigenvalue weighted by molar-refractivity contribution is 8.03. The van der Waals surface area contributed by atoms with E-state index in [9.17, 15) is 12.6 Å². The van der Waals surface area contributed by atoms with Gasteiger partial charge in [-0.3, -0.25) is 4.98 Å². The molecular formula is C16H13ClN2O3S3. The van der Waals surface area contributed by atoms with E-state index in [2.05, 4.69) is 8.75 Å². The van der Waals surface area contributed by atoms with Crippen molar-refractivity contribution in [2.75, 3.05) is 6.26 Å². The molecule has 0 saturated heterocycles. The van der Waals surface area contributed by atoms with E-state index in [0.717, 1.165) is 11.3 Å². The van der Waals surface area contributed by atoms with Gasteiger partial charge < -0.3 is 0 Å². The molecule has 2 aromatic heterocycles. The van der Waals surface area contributed by atoms with E-state index in [4.69, 9.17) is 11.6 Å². The number of benzene rings is 1. The molecule has 0 aliphatic carbocycles. The minimum Gasteiger partial charge on any atom is -0.255 e. The van der Waals surface area contributed by atoms with E-state index in [1.54, 1.807) is 36.5 Å². The molecule has 0 fully saturated rings. The van der Waals surface area contributed by atoms with Gasteiger partial charge in [0, 0.05) is 22.4 Å². The number of sulfonamides is 1. The maximum absolute atomic E-state index is 12.8. The first-order valence-corrected chi connectivity index (χ1v) is 11.6. The number of halogens is 1. The summed E-state index contributed by atoms with van der Waals surface area (Å²) in [7, 11) is -7.17. The summed E-state index contributed by atoms with van der Waals surface area (Å²) in [5.41, 5.74) is 0.670. The highest BCUT2D eigenvalue weighted by Gasteiger charge is 2.20. The number of nitrogens with zero attached hydrogens (tertiary/aromatic N) is 2. The zero-order valence-corrected chi connectivity index (χ0v) is 16.2. The third-order valence-electron chi connectivity index (χ3n) is 3.24. The molecule has 0 bridgehead atoms. The molecular weight excluding hydrogens is 400 g/mol. The van der Waals surface area contributed by atoms with Gasteiger partial charge in [0.15, 0.2) is 0 Å². The van der Waals surface area contributed by atoms with Crippen LogP contribution in [0.15, 0.2) is 73.7 Å². The van der Waals surface area contributed by atoms with Crippen LogP contribution in [0.3, 0.4) is 0 Å². The molecule has 0 N–H and O–H groups in total. The summed E-state index contributed by atoms with van der Waals surface area (Å²) in [5, 5.41) is 0.472. The smallest absolute Gasteiger partial charge is 0.255 e. The summed E-state index contributed by atoms with van der Waals surface area (Å²) in [5.74, 6) is 0. The Hall–Kier alpha value is -1.74. The van der Waals surface area contributed by atoms with Gasteiger partial charge in [-0.15, -0.1) is 15.1 Å². The number of thiophene rings is 1. The number of aromatic nitrogens is 1. The van der Waals surface area contributed by atoms with Crippen molar-refractivity contribution < 1.29 is 12.6 Å². The molecule has 0 aliphatic heterocycles. The van der Waals surface area contributed by atoms with Crippen LogP contribution in [-0.2, 0) is 19.8 Å². The van der Waals surface area contributed by atoms with E-state index < -0.39 is 19.8 Å². The van der Waals surface area contributed by atoms with Gasteiger partial charge in [0.2, 0.25) is 0 Å². The van der Waals surface area contributed by atoms with Crippen molar-refractivity contribution in [2.45, 2.75) is 9.10 Å². The van der Waals surface area contributed by atoms with Crippen LogP contribution in [0.5, 0.6) is 0 Å². The van der Waals surface area contributed by atoms with Crippen molar-refractivity contribution in [1.29, 1.82) is 0 Å². The van der Waals surface area contributed by atoms with Crippen LogP contribution in [0.2, 0.25) is 5.02 Å². The Kier molecular flexibility index (Phi) is 4.97. The Balaban J connectivity index is 2.01. The van der Waals surface area contributed by atoms with Gasteiger partial charge in [-0.2, -0.15) is 8.42 Å². The normalized spacial score (nSPS) is 14.0. The van der Waals surface area contributed by atoms with Crippen LogP contribution >= 0.6 is 22.9 Å². The summed E-state index contributed by atoms with van der Waals surface area (Å²) in [6, 6.07) is 14.6. The van der Waals surface area contributed by atoms with E-state index in [-0.39, 0.29) is 4.21 Å². The van der Waals surface area contributed by atoms with Crippen LogP contribution in [0.1, 0.15) is 0 Å². The number of rotatable bonds is 4. The zero-order chi connectivity index (χ0) is 18.1. The van der Waals surface area contributed by atoms with Crippen molar-refractivity contribution in [3.8, 4) is 10.6 Å². The Bertz CT molecular complexity index is 1110. The second-order valence-electron chi connectivity index (χ2n) is 5.14. The molecule has 1 atom stereocenters. The number of hydrogen-bond donors (Lipinski definition) is 0. The molecule has 0 radical (unpaired) electrons. The third kappa shape index (κ3) is 4.09. The second-order valence-corrected chi connectivity index (χ2v) is 11.0. The van der Waals surface area contributed by atoms with Gasteiger partial charge in [-0.05, 0) is 48.5 Å². The molecule has 3 aromatic rings. The van der Waals surface area contributed by atoms with Gasteiger partial charge >= 0.3 is 0 Å². The molecule has 3 rings (SSSR count). The lowest BCUT2D eigenvalue weighted by Gasteiger charge is -2.04. The van der Waals surface area contributed by atoms with Crippen molar-refractivity contribution in [3.63, 3.8) is 0 Å². The van der Waals surface area contributed by atoms with E-state index in [0.29, 0.717) is 20.5 Å². The molecule has 0 unspecified atom stereocenters. The Morgan fingerprint density at radius 1 is 1.00 bits per heavy atom. The summed E-state index contributed by atoms with van der Waals surface area (Å²) in [4.78, 5) is 5.20. The predicted molar refractivity (Wildman–Crippen MR) is 101 cm³/mol. The van der Waals surface area contributed by atoms with Gasteiger partial charge in [0.05, 0.1) is 20.3 Å². The van der Waals surface area contributed by atoms with Crippen LogP contribution in [0.25, 0.3) is 10.6 Å². The summed E-state index contributed by atoms with van der Waals surface area (Å²) < 4.78 is 41.6. The largest absolute Gasteiger partial charge is 0.299 e. The Labute approximate surface area is 155 Å². The molecule has 130 valence electrons. The lowest BCUT2D eigenvalue weighted by molar-refractivity contribution is 0.600. The first-order chi connectivity index (χ1) is 11.8. The van der Waals surface area contributed by atoms with Gasteiger partial charge in [0.25, 0.3) is 10.0 Å². The van der Waals surface area contributed by atoms with Gasteiger partial charge in [-0.25, -0.2) is 4.21 Å². The van der Waals surface area contributed by atoms with Gasteiger partial charge in [0.1, 0.15) is 4.21 Å². The highest BCUT2D eigenvalue weighted by atomic mass is 35.5. The Morgan fingerprint density at radius 3 is 2.36 bits per heavy atom. The average molecular weight is 413 g/mol. The first-order valence-electron chi connectivity index (χ1n) is 7.03. The maximum Gasteiger partial charge on any atom is 0.299 e. The Morgan fingerprint density at radius 2 is 1.72 bits per heavy atom.